The fourth-order valence-electron chi connectivity index (χ4n) is 3.53. The summed E-state index contributed by atoms with van der Waals surface area (Å²) in [7, 11) is 0. The molecule has 0 unspecified atom stereocenters. The molecule has 1 saturated carbocycles. The molecule has 0 bridgehead atoms. The summed E-state index contributed by atoms with van der Waals surface area (Å²) < 4.78 is 2.20. The standard InChI is InChI=1S/C22H21N7O2/c30-22(31)24-12-7-14-1-3-16(4-2-14)26-21-25-13-18-20(28-21)29(17-5-6-17)19(27-18)15-8-10-23-11-9-15/h1-4,8-11,13,17,24H,5-7,12H2,(H,30,31)(H,25,26,28). The van der Waals surface area contributed by atoms with E-state index in [0.717, 1.165) is 46.6 Å². The van der Waals surface area contributed by atoms with Gasteiger partial charge in [0.1, 0.15) is 11.3 Å². The van der Waals surface area contributed by atoms with E-state index in [9.17, 15) is 4.79 Å². The minimum absolute atomic E-state index is 0.382. The summed E-state index contributed by atoms with van der Waals surface area (Å²) in [5.41, 5.74) is 4.52. The Morgan fingerprint density at radius 3 is 2.58 bits per heavy atom. The molecule has 5 rings (SSSR count). The first-order valence-electron chi connectivity index (χ1n) is 10.2. The molecule has 9 heteroatoms. The van der Waals surface area contributed by atoms with Gasteiger partial charge in [0.2, 0.25) is 5.95 Å². The van der Waals surface area contributed by atoms with Crippen LogP contribution in [-0.4, -0.2) is 42.2 Å². The first-order valence-corrected chi connectivity index (χ1v) is 10.2. The molecule has 1 amide bonds. The number of rotatable bonds is 7. The third kappa shape index (κ3) is 4.16. The quantitative estimate of drug-likeness (QED) is 0.420. The molecule has 0 saturated heterocycles. The molecular weight excluding hydrogens is 394 g/mol. The normalized spacial score (nSPS) is 13.3. The lowest BCUT2D eigenvalue weighted by molar-refractivity contribution is 0.194. The van der Waals surface area contributed by atoms with E-state index in [0.29, 0.717) is 25.0 Å². The fraction of sp³-hybridized carbons (Fsp3) is 0.227. The van der Waals surface area contributed by atoms with E-state index in [-0.39, 0.29) is 0 Å². The molecule has 3 aromatic heterocycles. The molecule has 1 fully saturated rings. The number of amides is 1. The number of hydrogen-bond acceptors (Lipinski definition) is 6. The second kappa shape index (κ2) is 8.02. The van der Waals surface area contributed by atoms with Gasteiger partial charge in [0, 0.05) is 36.2 Å². The summed E-state index contributed by atoms with van der Waals surface area (Å²) in [6, 6.07) is 12.1. The molecule has 1 aliphatic rings. The van der Waals surface area contributed by atoms with Crippen molar-refractivity contribution in [3.8, 4) is 11.4 Å². The average Bonchev–Trinajstić information content (AvgIpc) is 3.55. The Morgan fingerprint density at radius 2 is 1.87 bits per heavy atom. The van der Waals surface area contributed by atoms with Crippen LogP contribution in [0.4, 0.5) is 16.4 Å². The zero-order valence-corrected chi connectivity index (χ0v) is 16.7. The molecule has 1 aliphatic carbocycles. The molecule has 4 aromatic rings. The van der Waals surface area contributed by atoms with Gasteiger partial charge in [-0.3, -0.25) is 4.98 Å². The summed E-state index contributed by atoms with van der Waals surface area (Å²) in [4.78, 5) is 28.6. The molecule has 9 nitrogen and oxygen atoms in total. The van der Waals surface area contributed by atoms with Crippen LogP contribution in [0.5, 0.6) is 0 Å². The molecular formula is C22H21N7O2. The van der Waals surface area contributed by atoms with Crippen molar-refractivity contribution in [1.29, 1.82) is 0 Å². The Labute approximate surface area is 178 Å². The van der Waals surface area contributed by atoms with Crippen molar-refractivity contribution in [2.24, 2.45) is 0 Å². The van der Waals surface area contributed by atoms with E-state index in [1.807, 2.05) is 36.4 Å². The van der Waals surface area contributed by atoms with Crippen molar-refractivity contribution in [2.75, 3.05) is 11.9 Å². The minimum Gasteiger partial charge on any atom is -0.465 e. The number of nitrogens with one attached hydrogen (secondary N) is 2. The van der Waals surface area contributed by atoms with Gasteiger partial charge in [-0.05, 0) is 49.1 Å². The number of fused-ring (bicyclic) bond motifs is 1. The predicted octanol–water partition coefficient (Wildman–Crippen LogP) is 3.78. The summed E-state index contributed by atoms with van der Waals surface area (Å²) in [5.74, 6) is 1.40. The lowest BCUT2D eigenvalue weighted by Gasteiger charge is -2.09. The zero-order valence-electron chi connectivity index (χ0n) is 16.7. The first kappa shape index (κ1) is 19.0. The second-order valence-corrected chi connectivity index (χ2v) is 7.48. The van der Waals surface area contributed by atoms with Crippen LogP contribution in [0.1, 0.15) is 24.4 Å². The monoisotopic (exact) mass is 415 g/mol. The maximum atomic E-state index is 10.5. The molecule has 1 aromatic carbocycles. The van der Waals surface area contributed by atoms with Crippen LogP contribution in [-0.2, 0) is 6.42 Å². The van der Waals surface area contributed by atoms with Crippen molar-refractivity contribution in [1.82, 2.24) is 29.8 Å². The molecule has 0 spiro atoms. The molecule has 156 valence electrons. The van der Waals surface area contributed by atoms with Crippen molar-refractivity contribution in [2.45, 2.75) is 25.3 Å². The third-order valence-electron chi connectivity index (χ3n) is 5.18. The van der Waals surface area contributed by atoms with Gasteiger partial charge in [0.25, 0.3) is 0 Å². The van der Waals surface area contributed by atoms with Crippen LogP contribution in [0.25, 0.3) is 22.6 Å². The van der Waals surface area contributed by atoms with Gasteiger partial charge in [0.05, 0.1) is 6.20 Å². The summed E-state index contributed by atoms with van der Waals surface area (Å²) in [6.07, 6.45) is 7.15. The van der Waals surface area contributed by atoms with Gasteiger partial charge in [-0.2, -0.15) is 4.98 Å². The van der Waals surface area contributed by atoms with E-state index < -0.39 is 6.09 Å². The molecule has 31 heavy (non-hydrogen) atoms. The Bertz CT molecular complexity index is 1220. The van der Waals surface area contributed by atoms with Gasteiger partial charge in [-0.15, -0.1) is 0 Å². The van der Waals surface area contributed by atoms with E-state index in [2.05, 4.69) is 25.2 Å². The highest BCUT2D eigenvalue weighted by Gasteiger charge is 2.29. The van der Waals surface area contributed by atoms with Crippen LogP contribution in [0.3, 0.4) is 0 Å². The summed E-state index contributed by atoms with van der Waals surface area (Å²) in [6.45, 7) is 0.382. The number of carbonyl (C=O) groups is 1. The number of benzene rings is 1. The van der Waals surface area contributed by atoms with Crippen LogP contribution < -0.4 is 10.6 Å². The van der Waals surface area contributed by atoms with Crippen LogP contribution in [0.2, 0.25) is 0 Å². The lowest BCUT2D eigenvalue weighted by Crippen LogP contribution is -2.23. The first-order chi connectivity index (χ1) is 15.2. The number of imidazole rings is 1. The molecule has 0 radical (unpaired) electrons. The summed E-state index contributed by atoms with van der Waals surface area (Å²) in [5, 5.41) is 14.3. The Kier molecular flexibility index (Phi) is 4.91. The largest absolute Gasteiger partial charge is 0.465 e. The van der Waals surface area contributed by atoms with Gasteiger partial charge in [0.15, 0.2) is 5.65 Å². The van der Waals surface area contributed by atoms with Crippen molar-refractivity contribution in [3.05, 3.63) is 60.6 Å². The summed E-state index contributed by atoms with van der Waals surface area (Å²) >= 11 is 0. The lowest BCUT2D eigenvalue weighted by atomic mass is 10.1. The van der Waals surface area contributed by atoms with Gasteiger partial charge >= 0.3 is 6.09 Å². The highest BCUT2D eigenvalue weighted by Crippen LogP contribution is 2.40. The van der Waals surface area contributed by atoms with E-state index >= 15 is 0 Å². The fourth-order valence-corrected chi connectivity index (χ4v) is 3.53. The Balaban J connectivity index is 1.39. The third-order valence-corrected chi connectivity index (χ3v) is 5.18. The number of aromatic nitrogens is 5. The molecule has 3 heterocycles. The Hall–Kier alpha value is -4.01. The van der Waals surface area contributed by atoms with Gasteiger partial charge in [-0.25, -0.2) is 14.8 Å². The van der Waals surface area contributed by atoms with Crippen LogP contribution in [0.15, 0.2) is 55.0 Å². The highest BCUT2D eigenvalue weighted by molar-refractivity contribution is 5.78. The molecule has 3 N–H and O–H groups in total. The van der Waals surface area contributed by atoms with Gasteiger partial charge in [-0.1, -0.05) is 12.1 Å². The highest BCUT2D eigenvalue weighted by atomic mass is 16.4. The van der Waals surface area contributed by atoms with Crippen molar-refractivity contribution >= 4 is 28.9 Å². The number of nitrogens with zero attached hydrogens (tertiary/aromatic N) is 5. The topological polar surface area (TPSA) is 118 Å². The van der Waals surface area contributed by atoms with Crippen molar-refractivity contribution in [3.63, 3.8) is 0 Å². The number of anilines is 2. The van der Waals surface area contributed by atoms with E-state index in [1.165, 1.54) is 0 Å². The number of hydrogen-bond donors (Lipinski definition) is 3. The molecule has 0 atom stereocenters. The second-order valence-electron chi connectivity index (χ2n) is 7.48. The SMILES string of the molecule is O=C(O)NCCc1ccc(Nc2ncc3nc(-c4ccncc4)n(C4CC4)c3n2)cc1. The van der Waals surface area contributed by atoms with Crippen LogP contribution >= 0.6 is 0 Å². The zero-order chi connectivity index (χ0) is 21.2. The average molecular weight is 415 g/mol. The number of carboxylic acid groups (broad SMARTS) is 1. The maximum Gasteiger partial charge on any atom is 0.404 e. The predicted molar refractivity (Wildman–Crippen MR) is 116 cm³/mol. The number of pyridine rings is 1. The van der Waals surface area contributed by atoms with E-state index in [4.69, 9.17) is 15.1 Å². The Morgan fingerprint density at radius 1 is 1.10 bits per heavy atom. The minimum atomic E-state index is -1.01. The van der Waals surface area contributed by atoms with Gasteiger partial charge < -0.3 is 20.3 Å². The van der Waals surface area contributed by atoms with E-state index in [1.54, 1.807) is 18.6 Å². The maximum absolute atomic E-state index is 10.5. The van der Waals surface area contributed by atoms with Crippen LogP contribution in [0, 0.1) is 0 Å². The van der Waals surface area contributed by atoms with Crippen molar-refractivity contribution < 1.29 is 9.90 Å². The smallest absolute Gasteiger partial charge is 0.404 e. The molecule has 0 aliphatic heterocycles.